The van der Waals surface area contributed by atoms with Gasteiger partial charge in [0.25, 0.3) is 0 Å². The first-order valence-corrected chi connectivity index (χ1v) is 22.9. The minimum atomic E-state index is -1.01. The number of unbranched alkanes of at least 4 members (excludes halogenated alkanes) is 14. The van der Waals surface area contributed by atoms with Gasteiger partial charge in [0.1, 0.15) is 23.2 Å². The number of hydrogen-bond acceptors (Lipinski definition) is 7. The Morgan fingerprint density at radius 1 is 0.559 bits per heavy atom. The van der Waals surface area contributed by atoms with E-state index in [9.17, 15) is 9.59 Å². The molecule has 0 bridgehead atoms. The lowest BCUT2D eigenvalue weighted by Crippen LogP contribution is -2.34. The van der Waals surface area contributed by atoms with Gasteiger partial charge in [0.15, 0.2) is 0 Å². The van der Waals surface area contributed by atoms with Gasteiger partial charge in [-0.1, -0.05) is 172 Å². The molecule has 1 atom stereocenters. The van der Waals surface area contributed by atoms with Crippen molar-refractivity contribution in [1.82, 2.24) is 4.90 Å². The number of carboxylic acid groups (broad SMARTS) is 1. The lowest BCUT2D eigenvalue weighted by molar-refractivity contribution is -0.153. The molecule has 1 N–H and O–H groups in total. The molecule has 3 rings (SSSR count). The van der Waals surface area contributed by atoms with Crippen LogP contribution in [0.2, 0.25) is 0 Å². The molecule has 0 amide bonds. The summed E-state index contributed by atoms with van der Waals surface area (Å²) >= 11 is 0. The molecule has 8 heteroatoms. The molecule has 0 aromatic heterocycles. The van der Waals surface area contributed by atoms with Crippen LogP contribution in [0.4, 0.5) is 0 Å². The second-order valence-electron chi connectivity index (χ2n) is 15.5. The molecule has 0 radical (unpaired) electrons. The van der Waals surface area contributed by atoms with Gasteiger partial charge in [-0.15, -0.1) is 0 Å². The van der Waals surface area contributed by atoms with Gasteiger partial charge in [-0.05, 0) is 73.4 Å². The molecule has 0 heterocycles. The van der Waals surface area contributed by atoms with E-state index in [0.717, 1.165) is 41.0 Å². The minimum absolute atomic E-state index is 0.142. The second kappa shape index (κ2) is 32.0. The van der Waals surface area contributed by atoms with Crippen LogP contribution in [0.3, 0.4) is 0 Å². The number of ether oxygens (including phenoxy) is 4. The Hall–Kier alpha value is -3.88. The average Bonchev–Trinajstić information content (AvgIpc) is 3.27. The van der Waals surface area contributed by atoms with Crippen LogP contribution in [0, 0.1) is 0 Å². The monoisotopic (exact) mass is 818 g/mol. The van der Waals surface area contributed by atoms with E-state index in [2.05, 4.69) is 44.7 Å². The van der Waals surface area contributed by atoms with Gasteiger partial charge in [-0.3, -0.25) is 9.59 Å². The third kappa shape index (κ3) is 20.3. The Labute approximate surface area is 358 Å². The van der Waals surface area contributed by atoms with Crippen molar-refractivity contribution in [3.63, 3.8) is 0 Å². The predicted molar refractivity (Wildman–Crippen MR) is 243 cm³/mol. The highest BCUT2D eigenvalue weighted by molar-refractivity contribution is 5.76. The largest absolute Gasteiger partial charge is 0.497 e. The number of carbonyl (C=O) groups is 2. The standard InChI is InChI=1S/C45H64O7.C6H15N/c1-4-5-6-7-8-9-10-11-12-13-14-15-16-17-21-24-42(52-44(48)34-33-43(46)47)35-36-51-45(37-22-19-18-20-23-37,38-25-29-40(49-2)30-26-38)39-27-31-41(50-3)32-28-39;1-4-7(5-2)6-3/h18-20,22-23,25-32,42H,4-17,21,24,33-36H2,1-3H3,(H,46,47);4-6H2,1-3H3. The number of rotatable bonds is 32. The zero-order valence-electron chi connectivity index (χ0n) is 37.7. The van der Waals surface area contributed by atoms with E-state index in [1.54, 1.807) is 14.2 Å². The quantitative estimate of drug-likeness (QED) is 0.0378. The maximum absolute atomic E-state index is 12.7. The van der Waals surface area contributed by atoms with Crippen LogP contribution in [-0.2, 0) is 24.7 Å². The molecule has 8 nitrogen and oxygen atoms in total. The zero-order valence-corrected chi connectivity index (χ0v) is 37.7. The number of carboxylic acids is 1. The van der Waals surface area contributed by atoms with Gasteiger partial charge in [0.2, 0.25) is 0 Å². The number of nitrogens with zero attached hydrogens (tertiary/aromatic N) is 1. The molecule has 1 unspecified atom stereocenters. The van der Waals surface area contributed by atoms with E-state index < -0.39 is 17.5 Å². The number of carbonyl (C=O) groups excluding carboxylic acids is 1. The molecule has 0 aliphatic rings. The van der Waals surface area contributed by atoms with Gasteiger partial charge in [-0.25, -0.2) is 0 Å². The number of methoxy groups -OCH3 is 2. The summed E-state index contributed by atoms with van der Waals surface area (Å²) in [5.41, 5.74) is 1.86. The van der Waals surface area contributed by atoms with Crippen LogP contribution in [-0.4, -0.2) is 68.5 Å². The van der Waals surface area contributed by atoms with Crippen molar-refractivity contribution in [3.05, 3.63) is 95.6 Å². The van der Waals surface area contributed by atoms with Gasteiger partial charge in [0.05, 0.1) is 33.7 Å². The van der Waals surface area contributed by atoms with E-state index in [-0.39, 0.29) is 18.9 Å². The highest BCUT2D eigenvalue weighted by Crippen LogP contribution is 2.42. The summed E-state index contributed by atoms with van der Waals surface area (Å²) in [6.07, 6.45) is 19.7. The van der Waals surface area contributed by atoms with Crippen LogP contribution in [0.25, 0.3) is 0 Å². The van der Waals surface area contributed by atoms with Gasteiger partial charge >= 0.3 is 11.9 Å². The predicted octanol–water partition coefficient (Wildman–Crippen LogP) is 12.8. The highest BCUT2D eigenvalue weighted by Gasteiger charge is 2.38. The molecule has 0 fully saturated rings. The Bertz CT molecular complexity index is 1420. The molecule has 330 valence electrons. The molecule has 0 saturated carbocycles. The maximum Gasteiger partial charge on any atom is 0.306 e. The summed E-state index contributed by atoms with van der Waals surface area (Å²) in [4.78, 5) is 26.2. The van der Waals surface area contributed by atoms with Crippen molar-refractivity contribution >= 4 is 11.9 Å². The first-order valence-electron chi connectivity index (χ1n) is 22.9. The molecule has 0 aliphatic carbocycles. The first-order chi connectivity index (χ1) is 28.8. The van der Waals surface area contributed by atoms with Gasteiger partial charge in [-0.2, -0.15) is 0 Å². The lowest BCUT2D eigenvalue weighted by Gasteiger charge is -2.36. The number of aliphatic carboxylic acids is 1. The average molecular weight is 818 g/mol. The molecule has 0 aliphatic heterocycles. The van der Waals surface area contributed by atoms with Crippen molar-refractivity contribution < 1.29 is 33.6 Å². The van der Waals surface area contributed by atoms with E-state index >= 15 is 0 Å². The van der Waals surface area contributed by atoms with Crippen molar-refractivity contribution in [3.8, 4) is 11.5 Å². The van der Waals surface area contributed by atoms with Gasteiger partial charge in [0, 0.05) is 6.42 Å². The van der Waals surface area contributed by atoms with Crippen LogP contribution in [0.1, 0.15) is 166 Å². The van der Waals surface area contributed by atoms with E-state index in [4.69, 9.17) is 24.1 Å². The molecule has 3 aromatic rings. The Morgan fingerprint density at radius 2 is 0.983 bits per heavy atom. The van der Waals surface area contributed by atoms with Crippen LogP contribution in [0.15, 0.2) is 78.9 Å². The topological polar surface area (TPSA) is 94.5 Å². The number of benzene rings is 3. The highest BCUT2D eigenvalue weighted by atomic mass is 16.5. The summed E-state index contributed by atoms with van der Waals surface area (Å²) < 4.78 is 23.8. The molecule has 3 aromatic carbocycles. The molecule has 59 heavy (non-hydrogen) atoms. The van der Waals surface area contributed by atoms with Crippen molar-refractivity contribution in [2.24, 2.45) is 0 Å². The number of esters is 1. The van der Waals surface area contributed by atoms with Crippen molar-refractivity contribution in [1.29, 1.82) is 0 Å². The normalized spacial score (nSPS) is 11.8. The first kappa shape index (κ1) is 51.3. The van der Waals surface area contributed by atoms with E-state index in [1.807, 2.05) is 66.7 Å². The van der Waals surface area contributed by atoms with Crippen molar-refractivity contribution in [2.45, 2.75) is 161 Å². The molecule has 0 saturated heterocycles. The summed E-state index contributed by atoms with van der Waals surface area (Å²) in [5, 5.41) is 9.13. The summed E-state index contributed by atoms with van der Waals surface area (Å²) in [6, 6.07) is 25.9. The SMILES string of the molecule is CCCCCCCCCCCCCCCCCC(CCOC(c1ccccc1)(c1ccc(OC)cc1)c1ccc(OC)cc1)OC(=O)CCC(=O)O.CCN(CC)CC. The summed E-state index contributed by atoms with van der Waals surface area (Å²) in [7, 11) is 3.30. The molecular weight excluding hydrogens is 739 g/mol. The minimum Gasteiger partial charge on any atom is -0.497 e. The summed E-state index contributed by atoms with van der Waals surface area (Å²) in [6.45, 7) is 12.7. The zero-order chi connectivity index (χ0) is 43.0. The summed E-state index contributed by atoms with van der Waals surface area (Å²) in [5.74, 6) is 0.00779. The fraction of sp³-hybridized carbons (Fsp3) is 0.608. The second-order valence-corrected chi connectivity index (χ2v) is 15.5. The molecular formula is C51H79NO7. The third-order valence-corrected chi connectivity index (χ3v) is 11.2. The van der Waals surface area contributed by atoms with E-state index in [0.29, 0.717) is 19.4 Å². The maximum atomic E-state index is 12.7. The van der Waals surface area contributed by atoms with Crippen molar-refractivity contribution in [2.75, 3.05) is 40.5 Å². The molecule has 0 spiro atoms. The van der Waals surface area contributed by atoms with Gasteiger partial charge < -0.3 is 29.0 Å². The fourth-order valence-corrected chi connectivity index (χ4v) is 7.55. The van der Waals surface area contributed by atoms with E-state index in [1.165, 1.54) is 103 Å². The lowest BCUT2D eigenvalue weighted by atomic mass is 9.80. The number of hydrogen-bond donors (Lipinski definition) is 1. The Balaban J connectivity index is 0.00000157. The van der Waals surface area contributed by atoms with Crippen LogP contribution >= 0.6 is 0 Å². The van der Waals surface area contributed by atoms with Crippen LogP contribution in [0.5, 0.6) is 11.5 Å². The Kier molecular flexibility index (Phi) is 27.8. The smallest absolute Gasteiger partial charge is 0.306 e. The Morgan fingerprint density at radius 3 is 1.37 bits per heavy atom. The fourth-order valence-electron chi connectivity index (χ4n) is 7.55. The third-order valence-electron chi connectivity index (χ3n) is 11.2. The van der Waals surface area contributed by atoms with Crippen LogP contribution < -0.4 is 9.47 Å².